The maximum absolute atomic E-state index is 11.8. The van der Waals surface area contributed by atoms with Crippen molar-refractivity contribution in [3.63, 3.8) is 0 Å². The maximum Gasteiger partial charge on any atom is 0.318 e. The molecule has 0 radical (unpaired) electrons. The van der Waals surface area contributed by atoms with Crippen molar-refractivity contribution < 1.29 is 14.7 Å². The molecule has 5 heteroatoms. The minimum Gasteiger partial charge on any atom is -0.480 e. The number of fused-ring (bicyclic) bond motifs is 1. The van der Waals surface area contributed by atoms with Crippen LogP contribution in [0.15, 0.2) is 36.4 Å². The molecule has 0 spiro atoms. The largest absolute Gasteiger partial charge is 0.480 e. The van der Waals surface area contributed by atoms with Crippen LogP contribution in [0, 0.1) is 16.7 Å². The Morgan fingerprint density at radius 3 is 2.62 bits per heavy atom. The first-order chi connectivity index (χ1) is 9.99. The van der Waals surface area contributed by atoms with E-state index in [0.717, 1.165) is 10.9 Å². The van der Waals surface area contributed by atoms with Gasteiger partial charge in [-0.3, -0.25) is 14.6 Å². The first kappa shape index (κ1) is 14.7. The minimum absolute atomic E-state index is 0.0872. The molecule has 0 aliphatic carbocycles. The molecule has 0 saturated heterocycles. The van der Waals surface area contributed by atoms with Gasteiger partial charge in [0.05, 0.1) is 18.0 Å². The van der Waals surface area contributed by atoms with Crippen molar-refractivity contribution in [2.75, 3.05) is 0 Å². The van der Waals surface area contributed by atoms with E-state index in [-0.39, 0.29) is 12.8 Å². The number of carbonyl (C=O) groups is 2. The fourth-order valence-electron chi connectivity index (χ4n) is 2.26. The number of pyridine rings is 1. The van der Waals surface area contributed by atoms with Gasteiger partial charge >= 0.3 is 5.97 Å². The molecule has 0 saturated carbocycles. The summed E-state index contributed by atoms with van der Waals surface area (Å²) in [6, 6.07) is 12.8. The van der Waals surface area contributed by atoms with Gasteiger partial charge in [0.15, 0.2) is 0 Å². The molecule has 1 atom stereocenters. The third-order valence-corrected chi connectivity index (χ3v) is 3.60. The van der Waals surface area contributed by atoms with Gasteiger partial charge in [-0.15, -0.1) is 0 Å². The van der Waals surface area contributed by atoms with Crippen LogP contribution in [-0.2, 0) is 16.0 Å². The first-order valence-corrected chi connectivity index (χ1v) is 6.45. The molecule has 2 aromatic rings. The summed E-state index contributed by atoms with van der Waals surface area (Å²) in [5.41, 5.74) is -0.513. The summed E-state index contributed by atoms with van der Waals surface area (Å²) in [5.74, 6) is -1.82. The van der Waals surface area contributed by atoms with E-state index < -0.39 is 17.2 Å². The maximum atomic E-state index is 11.8. The quantitative estimate of drug-likeness (QED) is 0.850. The molecular weight excluding hydrogens is 268 g/mol. The highest BCUT2D eigenvalue weighted by atomic mass is 16.4. The predicted octanol–water partition coefficient (Wildman–Crippen LogP) is 2.35. The van der Waals surface area contributed by atoms with E-state index in [1.807, 2.05) is 30.3 Å². The molecule has 1 N–H and O–H groups in total. The van der Waals surface area contributed by atoms with Crippen molar-refractivity contribution in [1.29, 1.82) is 5.26 Å². The average molecular weight is 282 g/mol. The predicted molar refractivity (Wildman–Crippen MR) is 76.4 cm³/mol. The van der Waals surface area contributed by atoms with Crippen LogP contribution in [0.3, 0.4) is 0 Å². The normalized spacial score (nSPS) is 13.3. The number of ketones is 1. The van der Waals surface area contributed by atoms with E-state index in [1.54, 1.807) is 12.1 Å². The molecule has 1 aromatic carbocycles. The van der Waals surface area contributed by atoms with Gasteiger partial charge in [0.25, 0.3) is 0 Å². The van der Waals surface area contributed by atoms with Crippen LogP contribution in [0.4, 0.5) is 0 Å². The van der Waals surface area contributed by atoms with Gasteiger partial charge in [-0.25, -0.2) is 0 Å². The van der Waals surface area contributed by atoms with Gasteiger partial charge in [-0.05, 0) is 19.1 Å². The highest BCUT2D eigenvalue weighted by Gasteiger charge is 2.44. The molecule has 1 unspecified atom stereocenters. The average Bonchev–Trinajstić information content (AvgIpc) is 2.46. The summed E-state index contributed by atoms with van der Waals surface area (Å²) >= 11 is 0. The molecule has 0 fully saturated rings. The Kier molecular flexibility index (Phi) is 3.99. The molecule has 5 nitrogen and oxygen atoms in total. The standard InChI is InChI=1S/C16H14N2O3/c1-11(19)16(8-9-17,15(20)21)10-13-7-6-12-4-2-3-5-14(12)18-13/h2-7H,8,10H2,1H3,(H,20,21). The number of nitrogens with zero attached hydrogens (tertiary/aromatic N) is 2. The van der Waals surface area contributed by atoms with E-state index >= 15 is 0 Å². The lowest BCUT2D eigenvalue weighted by molar-refractivity contribution is -0.154. The lowest BCUT2D eigenvalue weighted by Gasteiger charge is -2.23. The van der Waals surface area contributed by atoms with Gasteiger partial charge < -0.3 is 5.11 Å². The number of carbonyl (C=O) groups excluding carboxylic acids is 1. The highest BCUT2D eigenvalue weighted by molar-refractivity contribution is 6.02. The molecule has 106 valence electrons. The smallest absolute Gasteiger partial charge is 0.318 e. The molecule has 0 aliphatic heterocycles. The number of para-hydroxylation sites is 1. The van der Waals surface area contributed by atoms with Crippen LogP contribution in [0.1, 0.15) is 19.0 Å². The number of carboxylic acids is 1. The fraction of sp³-hybridized carbons (Fsp3) is 0.250. The fourth-order valence-corrected chi connectivity index (χ4v) is 2.26. The highest BCUT2D eigenvalue weighted by Crippen LogP contribution is 2.29. The summed E-state index contributed by atoms with van der Waals surface area (Å²) in [5, 5.41) is 19.2. The second-order valence-electron chi connectivity index (χ2n) is 4.95. The van der Waals surface area contributed by atoms with Crippen molar-refractivity contribution in [2.24, 2.45) is 5.41 Å². The Labute approximate surface area is 121 Å². The van der Waals surface area contributed by atoms with Gasteiger partial charge in [0, 0.05) is 17.5 Å². The zero-order valence-corrected chi connectivity index (χ0v) is 11.5. The number of aromatic nitrogens is 1. The lowest BCUT2D eigenvalue weighted by Crippen LogP contribution is -2.40. The third-order valence-electron chi connectivity index (χ3n) is 3.60. The van der Waals surface area contributed by atoms with Crippen LogP contribution in [0.5, 0.6) is 0 Å². The number of hydrogen-bond donors (Lipinski definition) is 1. The molecule has 0 amide bonds. The van der Waals surface area contributed by atoms with Crippen LogP contribution < -0.4 is 0 Å². The molecule has 0 aliphatic rings. The number of nitriles is 1. The van der Waals surface area contributed by atoms with E-state index in [4.69, 9.17) is 5.26 Å². The lowest BCUT2D eigenvalue weighted by atomic mass is 9.77. The van der Waals surface area contributed by atoms with E-state index in [2.05, 4.69) is 4.98 Å². The van der Waals surface area contributed by atoms with Gasteiger partial charge in [-0.1, -0.05) is 24.3 Å². The van der Waals surface area contributed by atoms with E-state index in [1.165, 1.54) is 6.92 Å². The Morgan fingerprint density at radius 1 is 1.29 bits per heavy atom. The van der Waals surface area contributed by atoms with Gasteiger partial charge in [-0.2, -0.15) is 5.26 Å². The molecule has 0 bridgehead atoms. The first-order valence-electron chi connectivity index (χ1n) is 6.45. The number of carboxylic acid groups (broad SMARTS) is 1. The molecule has 2 rings (SSSR count). The number of hydrogen-bond acceptors (Lipinski definition) is 4. The van der Waals surface area contributed by atoms with Crippen LogP contribution >= 0.6 is 0 Å². The summed E-state index contributed by atoms with van der Waals surface area (Å²) in [6.45, 7) is 1.20. The molecular formula is C16H14N2O3. The van der Waals surface area contributed by atoms with Crippen molar-refractivity contribution in [3.05, 3.63) is 42.1 Å². The molecule has 1 aromatic heterocycles. The number of aliphatic carboxylic acids is 1. The molecule has 21 heavy (non-hydrogen) atoms. The number of benzene rings is 1. The van der Waals surface area contributed by atoms with Crippen molar-refractivity contribution in [2.45, 2.75) is 19.8 Å². The molecule has 1 heterocycles. The summed E-state index contributed by atoms with van der Waals surface area (Å²) in [4.78, 5) is 27.7. The third kappa shape index (κ3) is 2.75. The zero-order chi connectivity index (χ0) is 15.5. The van der Waals surface area contributed by atoms with Crippen molar-refractivity contribution in [3.8, 4) is 6.07 Å². The van der Waals surface area contributed by atoms with Gasteiger partial charge in [0.2, 0.25) is 0 Å². The Morgan fingerprint density at radius 2 is 2.00 bits per heavy atom. The van der Waals surface area contributed by atoms with Crippen molar-refractivity contribution in [1.82, 2.24) is 4.98 Å². The SMILES string of the molecule is CC(=O)C(CC#N)(Cc1ccc2ccccc2n1)C(=O)O. The summed E-state index contributed by atoms with van der Waals surface area (Å²) in [6.07, 6.45) is -0.456. The Balaban J connectivity index is 2.45. The number of rotatable bonds is 5. The summed E-state index contributed by atoms with van der Waals surface area (Å²) < 4.78 is 0. The topological polar surface area (TPSA) is 91.0 Å². The van der Waals surface area contributed by atoms with Gasteiger partial charge in [0.1, 0.15) is 11.2 Å². The van der Waals surface area contributed by atoms with E-state index in [9.17, 15) is 14.7 Å². The van der Waals surface area contributed by atoms with Crippen LogP contribution in [0.25, 0.3) is 10.9 Å². The Bertz CT molecular complexity index is 733. The zero-order valence-electron chi connectivity index (χ0n) is 11.5. The van der Waals surface area contributed by atoms with E-state index in [0.29, 0.717) is 5.69 Å². The number of Topliss-reactive ketones (excluding diaryl/α,β-unsaturated/α-hetero) is 1. The Hall–Kier alpha value is -2.74. The second-order valence-corrected chi connectivity index (χ2v) is 4.95. The van der Waals surface area contributed by atoms with Crippen LogP contribution in [-0.4, -0.2) is 21.8 Å². The monoisotopic (exact) mass is 282 g/mol. The second kappa shape index (κ2) is 5.71. The summed E-state index contributed by atoms with van der Waals surface area (Å²) in [7, 11) is 0. The van der Waals surface area contributed by atoms with Crippen LogP contribution in [0.2, 0.25) is 0 Å². The van der Waals surface area contributed by atoms with Crippen molar-refractivity contribution >= 4 is 22.7 Å². The minimum atomic E-state index is -1.73.